The molecule has 0 radical (unpaired) electrons. The standard InChI is InChI=1S/C14H22N4O2S/c1-9-12(14(20)17-16-11(19)7-8-15)13(21-18-9)10-5-3-2-4-6-10/h10H,2-8,15H2,1H3,(H,16,19)(H,17,20). The van der Waals surface area contributed by atoms with Crippen LogP contribution in [0.15, 0.2) is 0 Å². The van der Waals surface area contributed by atoms with E-state index in [1.807, 2.05) is 6.92 Å². The summed E-state index contributed by atoms with van der Waals surface area (Å²) in [6.45, 7) is 2.09. The topological polar surface area (TPSA) is 97.1 Å². The molecule has 1 aliphatic carbocycles. The lowest BCUT2D eigenvalue weighted by molar-refractivity contribution is -0.121. The van der Waals surface area contributed by atoms with E-state index in [0.29, 0.717) is 11.5 Å². The van der Waals surface area contributed by atoms with Gasteiger partial charge in [-0.15, -0.1) is 0 Å². The maximum absolute atomic E-state index is 12.3. The van der Waals surface area contributed by atoms with Crippen molar-refractivity contribution in [3.63, 3.8) is 0 Å². The van der Waals surface area contributed by atoms with Crippen LogP contribution < -0.4 is 16.6 Å². The first kappa shape index (κ1) is 15.9. The molecule has 116 valence electrons. The van der Waals surface area contributed by atoms with Crippen molar-refractivity contribution >= 4 is 23.3 Å². The van der Waals surface area contributed by atoms with Gasteiger partial charge in [0, 0.05) is 17.8 Å². The highest BCUT2D eigenvalue weighted by molar-refractivity contribution is 7.06. The Balaban J connectivity index is 2.06. The number of rotatable bonds is 4. The zero-order valence-electron chi connectivity index (χ0n) is 12.3. The molecule has 0 atom stereocenters. The molecule has 0 aromatic carbocycles. The zero-order chi connectivity index (χ0) is 15.2. The van der Waals surface area contributed by atoms with Gasteiger partial charge in [-0.2, -0.15) is 4.37 Å². The molecule has 0 aliphatic heterocycles. The fraction of sp³-hybridized carbons (Fsp3) is 0.643. The van der Waals surface area contributed by atoms with E-state index in [1.165, 1.54) is 30.8 Å². The number of hydrogen-bond donors (Lipinski definition) is 3. The van der Waals surface area contributed by atoms with Gasteiger partial charge in [0.2, 0.25) is 5.91 Å². The number of hydrogen-bond acceptors (Lipinski definition) is 5. The third-order valence-corrected chi connectivity index (χ3v) is 4.88. The fourth-order valence-electron chi connectivity index (χ4n) is 2.69. The van der Waals surface area contributed by atoms with E-state index in [0.717, 1.165) is 23.4 Å². The van der Waals surface area contributed by atoms with Crippen LogP contribution in [0.2, 0.25) is 0 Å². The minimum Gasteiger partial charge on any atom is -0.330 e. The van der Waals surface area contributed by atoms with Crippen LogP contribution in [-0.2, 0) is 4.79 Å². The van der Waals surface area contributed by atoms with Gasteiger partial charge in [-0.05, 0) is 37.2 Å². The predicted octanol–water partition coefficient (Wildman–Crippen LogP) is 1.61. The SMILES string of the molecule is Cc1nsc(C2CCCCC2)c1C(=O)NNC(=O)CCN. The van der Waals surface area contributed by atoms with Crippen LogP contribution in [0, 0.1) is 6.92 Å². The average Bonchev–Trinajstić information content (AvgIpc) is 2.88. The highest BCUT2D eigenvalue weighted by Gasteiger charge is 2.26. The summed E-state index contributed by atoms with van der Waals surface area (Å²) >= 11 is 1.41. The maximum atomic E-state index is 12.3. The minimum absolute atomic E-state index is 0.191. The van der Waals surface area contributed by atoms with Gasteiger partial charge < -0.3 is 5.73 Å². The van der Waals surface area contributed by atoms with Crippen molar-refractivity contribution in [1.82, 2.24) is 15.2 Å². The van der Waals surface area contributed by atoms with E-state index >= 15 is 0 Å². The number of nitrogens with two attached hydrogens (primary N) is 1. The van der Waals surface area contributed by atoms with E-state index in [9.17, 15) is 9.59 Å². The molecule has 1 aliphatic rings. The van der Waals surface area contributed by atoms with E-state index < -0.39 is 0 Å². The molecule has 21 heavy (non-hydrogen) atoms. The molecule has 2 rings (SSSR count). The van der Waals surface area contributed by atoms with Crippen molar-refractivity contribution in [3.05, 3.63) is 16.1 Å². The minimum atomic E-state index is -0.286. The molecule has 6 nitrogen and oxygen atoms in total. The zero-order valence-corrected chi connectivity index (χ0v) is 13.1. The number of hydrazine groups is 1. The molecule has 1 saturated carbocycles. The lowest BCUT2D eigenvalue weighted by atomic mass is 9.86. The molecule has 4 N–H and O–H groups in total. The summed E-state index contributed by atoms with van der Waals surface area (Å²) < 4.78 is 4.32. The molecule has 1 fully saturated rings. The van der Waals surface area contributed by atoms with Gasteiger partial charge in [0.05, 0.1) is 11.3 Å². The number of nitrogens with zero attached hydrogens (tertiary/aromatic N) is 1. The van der Waals surface area contributed by atoms with Crippen molar-refractivity contribution in [2.75, 3.05) is 6.54 Å². The Hall–Kier alpha value is -1.47. The predicted molar refractivity (Wildman–Crippen MR) is 82.0 cm³/mol. The second kappa shape index (κ2) is 7.51. The van der Waals surface area contributed by atoms with Gasteiger partial charge >= 0.3 is 0 Å². The molecular formula is C14H22N4O2S. The van der Waals surface area contributed by atoms with Crippen LogP contribution in [0.3, 0.4) is 0 Å². The van der Waals surface area contributed by atoms with Gasteiger partial charge in [0.15, 0.2) is 0 Å². The van der Waals surface area contributed by atoms with Crippen LogP contribution in [0.5, 0.6) is 0 Å². The van der Waals surface area contributed by atoms with Crippen molar-refractivity contribution < 1.29 is 9.59 Å². The normalized spacial score (nSPS) is 15.7. The van der Waals surface area contributed by atoms with E-state index in [1.54, 1.807) is 0 Å². The van der Waals surface area contributed by atoms with Crippen molar-refractivity contribution in [2.45, 2.75) is 51.4 Å². The molecule has 1 heterocycles. The monoisotopic (exact) mass is 310 g/mol. The Morgan fingerprint density at radius 1 is 1.29 bits per heavy atom. The van der Waals surface area contributed by atoms with Crippen LogP contribution >= 0.6 is 11.5 Å². The second-order valence-corrected chi connectivity index (χ2v) is 6.19. The first-order chi connectivity index (χ1) is 10.1. The van der Waals surface area contributed by atoms with Gasteiger partial charge in [-0.3, -0.25) is 20.4 Å². The summed E-state index contributed by atoms with van der Waals surface area (Å²) in [5, 5.41) is 0. The lowest BCUT2D eigenvalue weighted by Crippen LogP contribution is -2.42. The Labute approximate surface area is 128 Å². The Bertz CT molecular complexity index is 509. The molecule has 0 saturated heterocycles. The smallest absolute Gasteiger partial charge is 0.272 e. The summed E-state index contributed by atoms with van der Waals surface area (Å²) in [6.07, 6.45) is 6.09. The molecule has 2 amide bonds. The highest BCUT2D eigenvalue weighted by atomic mass is 32.1. The largest absolute Gasteiger partial charge is 0.330 e. The van der Waals surface area contributed by atoms with Gasteiger partial charge in [-0.25, -0.2) is 0 Å². The molecule has 0 unspecified atom stereocenters. The lowest BCUT2D eigenvalue weighted by Gasteiger charge is -2.21. The number of aryl methyl sites for hydroxylation is 1. The Morgan fingerprint density at radius 3 is 2.67 bits per heavy atom. The van der Waals surface area contributed by atoms with Crippen molar-refractivity contribution in [2.24, 2.45) is 5.73 Å². The third-order valence-electron chi connectivity index (χ3n) is 3.78. The number of aromatic nitrogens is 1. The van der Waals surface area contributed by atoms with Crippen molar-refractivity contribution in [1.29, 1.82) is 0 Å². The third kappa shape index (κ3) is 4.01. The van der Waals surface area contributed by atoms with Gasteiger partial charge in [0.25, 0.3) is 5.91 Å². The summed E-state index contributed by atoms with van der Waals surface area (Å²) in [5.74, 6) is -0.149. The quantitative estimate of drug-likeness (QED) is 0.736. The van der Waals surface area contributed by atoms with E-state index in [4.69, 9.17) is 5.73 Å². The van der Waals surface area contributed by atoms with Crippen LogP contribution in [0.25, 0.3) is 0 Å². The average molecular weight is 310 g/mol. The fourth-order valence-corrected chi connectivity index (χ4v) is 3.73. The molecule has 0 bridgehead atoms. The molecule has 0 spiro atoms. The van der Waals surface area contributed by atoms with E-state index in [-0.39, 0.29) is 24.8 Å². The first-order valence-electron chi connectivity index (χ1n) is 7.39. The Morgan fingerprint density at radius 2 is 2.00 bits per heavy atom. The Kier molecular flexibility index (Phi) is 5.69. The summed E-state index contributed by atoms with van der Waals surface area (Å²) in [5.41, 5.74) is 11.5. The molecular weight excluding hydrogens is 288 g/mol. The summed E-state index contributed by atoms with van der Waals surface area (Å²) in [6, 6.07) is 0. The molecule has 1 aromatic rings. The second-order valence-electron chi connectivity index (χ2n) is 5.38. The number of amides is 2. The van der Waals surface area contributed by atoms with Gasteiger partial charge in [-0.1, -0.05) is 19.3 Å². The van der Waals surface area contributed by atoms with Crippen LogP contribution in [0.1, 0.15) is 65.4 Å². The van der Waals surface area contributed by atoms with Gasteiger partial charge in [0.1, 0.15) is 0 Å². The first-order valence-corrected chi connectivity index (χ1v) is 8.16. The maximum Gasteiger partial charge on any atom is 0.272 e. The number of nitrogens with one attached hydrogen (secondary N) is 2. The van der Waals surface area contributed by atoms with Crippen LogP contribution in [0.4, 0.5) is 0 Å². The van der Waals surface area contributed by atoms with Crippen molar-refractivity contribution in [3.8, 4) is 0 Å². The number of carbonyl (C=O) groups is 2. The summed E-state index contributed by atoms with van der Waals surface area (Å²) in [7, 11) is 0. The van der Waals surface area contributed by atoms with E-state index in [2.05, 4.69) is 15.2 Å². The number of carbonyl (C=O) groups excluding carboxylic acids is 2. The molecule has 1 aromatic heterocycles. The molecule has 7 heteroatoms. The van der Waals surface area contributed by atoms with Crippen LogP contribution in [-0.4, -0.2) is 22.7 Å². The summed E-state index contributed by atoms with van der Waals surface area (Å²) in [4.78, 5) is 24.7. The highest BCUT2D eigenvalue weighted by Crippen LogP contribution is 2.37.